The van der Waals surface area contributed by atoms with Gasteiger partial charge >= 0.3 is 0 Å². The number of amides is 1. The van der Waals surface area contributed by atoms with Crippen LogP contribution in [0.25, 0.3) is 0 Å². The average molecular weight is 404 g/mol. The number of nitrogens with one attached hydrogen (secondary N) is 2. The molecule has 0 saturated carbocycles. The monoisotopic (exact) mass is 404 g/mol. The highest BCUT2D eigenvalue weighted by Gasteiger charge is 2.26. The van der Waals surface area contributed by atoms with E-state index in [2.05, 4.69) is 15.0 Å². The van der Waals surface area contributed by atoms with Crippen molar-refractivity contribution >= 4 is 33.1 Å². The smallest absolute Gasteiger partial charge is 0.265 e. The molecule has 8 nitrogen and oxygen atoms in total. The molecule has 1 aliphatic heterocycles. The predicted molar refractivity (Wildman–Crippen MR) is 108 cm³/mol. The Hall–Kier alpha value is -2.81. The Morgan fingerprint density at radius 2 is 2.00 bits per heavy atom. The summed E-state index contributed by atoms with van der Waals surface area (Å²) in [6.07, 6.45) is 2.67. The molecular formula is C19H24N4O4S. The van der Waals surface area contributed by atoms with E-state index >= 15 is 0 Å². The zero-order valence-corrected chi connectivity index (χ0v) is 16.9. The second-order valence-electron chi connectivity index (χ2n) is 6.82. The van der Waals surface area contributed by atoms with E-state index in [-0.39, 0.29) is 22.6 Å². The molecule has 150 valence electrons. The number of hydrogen-bond acceptors (Lipinski definition) is 6. The summed E-state index contributed by atoms with van der Waals surface area (Å²) in [5.74, 6) is 0.845. The number of nitrogens with zero attached hydrogens (tertiary/aromatic N) is 2. The molecular weight excluding hydrogens is 380 g/mol. The third-order valence-corrected chi connectivity index (χ3v) is 5.68. The Balaban J connectivity index is 1.88. The first-order valence-electron chi connectivity index (χ1n) is 9.04. The molecule has 1 aliphatic rings. The maximum atomic E-state index is 13.0. The number of benzene rings is 1. The highest BCUT2D eigenvalue weighted by molar-refractivity contribution is 7.92. The van der Waals surface area contributed by atoms with Crippen molar-refractivity contribution < 1.29 is 17.9 Å². The summed E-state index contributed by atoms with van der Waals surface area (Å²) in [4.78, 5) is 17.8. The summed E-state index contributed by atoms with van der Waals surface area (Å²) in [5, 5.41) is 3.14. The van der Waals surface area contributed by atoms with E-state index in [1.165, 1.54) is 19.4 Å². The van der Waals surface area contributed by atoms with Gasteiger partial charge < -0.3 is 15.0 Å². The van der Waals surface area contributed by atoms with Crippen molar-refractivity contribution in [3.05, 3.63) is 36.5 Å². The van der Waals surface area contributed by atoms with Gasteiger partial charge in [-0.15, -0.1) is 0 Å². The lowest BCUT2D eigenvalue weighted by atomic mass is 10.3. The summed E-state index contributed by atoms with van der Waals surface area (Å²) in [5.41, 5.74) is 0.872. The molecule has 0 aliphatic carbocycles. The number of pyridine rings is 1. The normalized spacial score (nSPS) is 14.4. The highest BCUT2D eigenvalue weighted by Crippen LogP contribution is 2.32. The molecule has 0 unspecified atom stereocenters. The second-order valence-corrected chi connectivity index (χ2v) is 8.47. The Morgan fingerprint density at radius 1 is 1.21 bits per heavy atom. The number of anilines is 3. The molecule has 0 radical (unpaired) electrons. The molecule has 0 spiro atoms. The van der Waals surface area contributed by atoms with E-state index in [1.807, 2.05) is 13.8 Å². The van der Waals surface area contributed by atoms with Crippen LogP contribution in [0, 0.1) is 0 Å². The van der Waals surface area contributed by atoms with Gasteiger partial charge in [-0.3, -0.25) is 9.52 Å². The Morgan fingerprint density at radius 3 is 2.57 bits per heavy atom. The van der Waals surface area contributed by atoms with Crippen LogP contribution in [0.4, 0.5) is 17.2 Å². The lowest BCUT2D eigenvalue weighted by molar-refractivity contribution is -0.117. The van der Waals surface area contributed by atoms with E-state index in [0.717, 1.165) is 6.42 Å². The van der Waals surface area contributed by atoms with Crippen LogP contribution in [0.2, 0.25) is 0 Å². The molecule has 9 heteroatoms. The molecule has 3 rings (SSSR count). The zero-order chi connectivity index (χ0) is 20.3. The lowest BCUT2D eigenvalue weighted by Crippen LogP contribution is -2.24. The number of methoxy groups -OCH3 is 1. The van der Waals surface area contributed by atoms with E-state index in [1.54, 1.807) is 29.2 Å². The Kier molecular flexibility index (Phi) is 5.73. The van der Waals surface area contributed by atoms with Gasteiger partial charge in [0.25, 0.3) is 10.0 Å². The summed E-state index contributed by atoms with van der Waals surface area (Å²) in [7, 11) is -2.53. The van der Waals surface area contributed by atoms with Crippen LogP contribution in [-0.2, 0) is 14.8 Å². The number of hydrogen-bond donors (Lipinski definition) is 2. The van der Waals surface area contributed by atoms with Gasteiger partial charge in [0, 0.05) is 24.7 Å². The van der Waals surface area contributed by atoms with Crippen LogP contribution in [-0.4, -0.2) is 39.0 Å². The fraction of sp³-hybridized carbons (Fsp3) is 0.368. The van der Waals surface area contributed by atoms with Crippen molar-refractivity contribution in [3.63, 3.8) is 0 Å². The number of carbonyl (C=O) groups is 1. The molecule has 1 aromatic carbocycles. The first kappa shape index (κ1) is 19.9. The molecule has 1 fully saturated rings. The van der Waals surface area contributed by atoms with Crippen molar-refractivity contribution in [2.75, 3.05) is 28.6 Å². The predicted octanol–water partition coefficient (Wildman–Crippen LogP) is 2.84. The van der Waals surface area contributed by atoms with Crippen LogP contribution >= 0.6 is 0 Å². The van der Waals surface area contributed by atoms with Gasteiger partial charge in [-0.05, 0) is 50.6 Å². The van der Waals surface area contributed by atoms with Gasteiger partial charge in [0.2, 0.25) is 5.91 Å². The molecule has 0 bridgehead atoms. The van der Waals surface area contributed by atoms with Gasteiger partial charge in [-0.25, -0.2) is 13.4 Å². The fourth-order valence-corrected chi connectivity index (χ4v) is 4.24. The van der Waals surface area contributed by atoms with Crippen LogP contribution in [0.5, 0.6) is 5.75 Å². The Labute approximate surface area is 165 Å². The first-order chi connectivity index (χ1) is 13.3. The van der Waals surface area contributed by atoms with Crippen LogP contribution in [0.3, 0.4) is 0 Å². The van der Waals surface area contributed by atoms with E-state index in [0.29, 0.717) is 30.2 Å². The summed E-state index contributed by atoms with van der Waals surface area (Å²) < 4.78 is 33.7. The highest BCUT2D eigenvalue weighted by atomic mass is 32.2. The maximum absolute atomic E-state index is 13.0. The summed E-state index contributed by atoms with van der Waals surface area (Å²) >= 11 is 0. The topological polar surface area (TPSA) is 101 Å². The van der Waals surface area contributed by atoms with E-state index < -0.39 is 10.0 Å². The zero-order valence-electron chi connectivity index (χ0n) is 16.1. The van der Waals surface area contributed by atoms with Gasteiger partial charge in [-0.2, -0.15) is 0 Å². The van der Waals surface area contributed by atoms with Crippen molar-refractivity contribution in [2.24, 2.45) is 0 Å². The minimum Gasteiger partial charge on any atom is -0.495 e. The number of aromatic nitrogens is 1. The molecule has 0 atom stereocenters. The largest absolute Gasteiger partial charge is 0.495 e. The minimum absolute atomic E-state index is 0.0149. The number of rotatable bonds is 7. The number of carbonyl (C=O) groups excluding carboxylic acids is 1. The van der Waals surface area contributed by atoms with Crippen LogP contribution in [0.1, 0.15) is 26.7 Å². The van der Waals surface area contributed by atoms with Crippen molar-refractivity contribution in [1.29, 1.82) is 0 Å². The molecule has 2 heterocycles. The number of sulfonamides is 1. The van der Waals surface area contributed by atoms with Gasteiger partial charge in [0.1, 0.15) is 16.5 Å². The lowest BCUT2D eigenvalue weighted by Gasteiger charge is -2.18. The molecule has 2 aromatic rings. The minimum atomic E-state index is -3.93. The molecule has 2 N–H and O–H groups in total. The third kappa shape index (κ3) is 4.36. The molecule has 1 aromatic heterocycles. The van der Waals surface area contributed by atoms with Gasteiger partial charge in [-0.1, -0.05) is 0 Å². The Bertz CT molecular complexity index is 958. The third-order valence-electron chi connectivity index (χ3n) is 4.27. The van der Waals surface area contributed by atoms with E-state index in [9.17, 15) is 13.2 Å². The SMILES string of the molecule is COc1ccc(N2CCCC2=O)cc1S(=O)(=O)Nc1ccc(NC(C)C)nc1. The van der Waals surface area contributed by atoms with Crippen LogP contribution in [0.15, 0.2) is 41.4 Å². The maximum Gasteiger partial charge on any atom is 0.265 e. The van der Waals surface area contributed by atoms with Crippen LogP contribution < -0.4 is 19.7 Å². The fourth-order valence-electron chi connectivity index (χ4n) is 3.01. The second kappa shape index (κ2) is 8.05. The molecule has 1 saturated heterocycles. The standard InChI is InChI=1S/C19H24N4O4S/c1-13(2)21-18-9-6-14(12-20-18)22-28(25,26)17-11-15(7-8-16(17)27-3)23-10-4-5-19(23)24/h6-9,11-13,22H,4-5,10H2,1-3H3,(H,20,21). The van der Waals surface area contributed by atoms with E-state index in [4.69, 9.17) is 4.74 Å². The van der Waals surface area contributed by atoms with Crippen molar-refractivity contribution in [2.45, 2.75) is 37.6 Å². The molecule has 1 amide bonds. The average Bonchev–Trinajstić information content (AvgIpc) is 3.08. The van der Waals surface area contributed by atoms with Crippen molar-refractivity contribution in [3.8, 4) is 5.75 Å². The summed E-state index contributed by atoms with van der Waals surface area (Å²) in [6, 6.07) is 8.27. The number of ether oxygens (including phenoxy) is 1. The van der Waals surface area contributed by atoms with Gasteiger partial charge in [0.15, 0.2) is 0 Å². The first-order valence-corrected chi connectivity index (χ1v) is 10.5. The quantitative estimate of drug-likeness (QED) is 0.736. The van der Waals surface area contributed by atoms with Gasteiger partial charge in [0.05, 0.1) is 19.0 Å². The molecule has 28 heavy (non-hydrogen) atoms. The van der Waals surface area contributed by atoms with Crippen molar-refractivity contribution in [1.82, 2.24) is 4.98 Å². The summed E-state index contributed by atoms with van der Waals surface area (Å²) in [6.45, 7) is 4.55.